The summed E-state index contributed by atoms with van der Waals surface area (Å²) in [5.74, 6) is 0.908. The summed E-state index contributed by atoms with van der Waals surface area (Å²) in [6.07, 6.45) is 0. The normalized spacial score (nSPS) is 10.5. The van der Waals surface area contributed by atoms with Crippen molar-refractivity contribution in [1.29, 1.82) is 0 Å². The van der Waals surface area contributed by atoms with E-state index in [2.05, 4.69) is 36.4 Å². The van der Waals surface area contributed by atoms with Crippen molar-refractivity contribution in [3.63, 3.8) is 0 Å². The van der Waals surface area contributed by atoms with Gasteiger partial charge in [0.05, 0.1) is 5.75 Å². The van der Waals surface area contributed by atoms with Crippen molar-refractivity contribution < 1.29 is 4.79 Å². The Morgan fingerprint density at radius 1 is 1.12 bits per heavy atom. The Kier molecular flexibility index (Phi) is 5.66. The van der Waals surface area contributed by atoms with Gasteiger partial charge in [-0.1, -0.05) is 76.2 Å². The van der Waals surface area contributed by atoms with Gasteiger partial charge in [0.25, 0.3) is 0 Å². The molecule has 0 saturated heterocycles. The molecule has 1 heterocycles. The predicted octanol–water partition coefficient (Wildman–Crippen LogP) is 3.64. The summed E-state index contributed by atoms with van der Waals surface area (Å²) < 4.78 is 0.943. The van der Waals surface area contributed by atoms with Crippen LogP contribution in [-0.2, 0) is 11.3 Å². The average Bonchev–Trinajstić information content (AvgIpc) is 3.08. The van der Waals surface area contributed by atoms with Gasteiger partial charge in [-0.05, 0) is 11.6 Å². The second-order valence-electron chi connectivity index (χ2n) is 5.00. The number of benzene rings is 2. The highest BCUT2D eigenvalue weighted by Crippen LogP contribution is 2.26. The van der Waals surface area contributed by atoms with Gasteiger partial charge in [0.15, 0.2) is 5.82 Å². The van der Waals surface area contributed by atoms with Gasteiger partial charge in [-0.25, -0.2) is 4.98 Å². The van der Waals surface area contributed by atoms with E-state index in [1.165, 1.54) is 11.8 Å². The average molecular weight is 403 g/mol. The van der Waals surface area contributed by atoms with Crippen molar-refractivity contribution in [2.45, 2.75) is 11.7 Å². The maximum Gasteiger partial charge on any atom is 0.230 e. The van der Waals surface area contributed by atoms with Gasteiger partial charge >= 0.3 is 0 Å². The predicted molar refractivity (Wildman–Crippen MR) is 98.5 cm³/mol. The van der Waals surface area contributed by atoms with E-state index in [4.69, 9.17) is 0 Å². The van der Waals surface area contributed by atoms with Crippen molar-refractivity contribution in [1.82, 2.24) is 20.5 Å². The molecule has 2 N–H and O–H groups in total. The number of nitrogens with zero attached hydrogens (tertiary/aromatic N) is 2. The van der Waals surface area contributed by atoms with Gasteiger partial charge in [-0.15, -0.1) is 5.10 Å². The topological polar surface area (TPSA) is 70.7 Å². The summed E-state index contributed by atoms with van der Waals surface area (Å²) in [4.78, 5) is 16.3. The maximum absolute atomic E-state index is 11.9. The number of amides is 1. The van der Waals surface area contributed by atoms with Crippen LogP contribution >= 0.6 is 27.7 Å². The molecule has 0 saturated carbocycles. The van der Waals surface area contributed by atoms with Crippen LogP contribution in [0.4, 0.5) is 0 Å². The van der Waals surface area contributed by atoms with E-state index in [-0.39, 0.29) is 11.7 Å². The molecule has 122 valence electrons. The fourth-order valence-corrected chi connectivity index (χ4v) is 3.16. The van der Waals surface area contributed by atoms with Gasteiger partial charge in [0.2, 0.25) is 11.1 Å². The monoisotopic (exact) mass is 402 g/mol. The van der Waals surface area contributed by atoms with Crippen LogP contribution in [0.2, 0.25) is 0 Å². The molecule has 0 aliphatic rings. The fraction of sp³-hybridized carbons (Fsp3) is 0.118. The SMILES string of the molecule is O=C(CSc1n[nH]c(-c2ccccc2Br)n1)NCc1ccccc1. The Hall–Kier alpha value is -2.12. The van der Waals surface area contributed by atoms with E-state index >= 15 is 0 Å². The molecule has 3 aromatic rings. The number of rotatable bonds is 6. The Morgan fingerprint density at radius 3 is 2.67 bits per heavy atom. The molecule has 0 bridgehead atoms. The molecule has 5 nitrogen and oxygen atoms in total. The molecular formula is C17H15BrN4OS. The molecule has 0 fully saturated rings. The molecule has 0 radical (unpaired) electrons. The lowest BCUT2D eigenvalue weighted by Crippen LogP contribution is -2.24. The Balaban J connectivity index is 1.52. The number of carbonyl (C=O) groups excluding carboxylic acids is 1. The first-order chi connectivity index (χ1) is 11.7. The molecule has 24 heavy (non-hydrogen) atoms. The van der Waals surface area contributed by atoms with Crippen LogP contribution in [0.3, 0.4) is 0 Å². The molecule has 0 spiro atoms. The highest BCUT2D eigenvalue weighted by molar-refractivity contribution is 9.10. The summed E-state index contributed by atoms with van der Waals surface area (Å²) in [7, 11) is 0. The van der Waals surface area contributed by atoms with Crippen LogP contribution in [0.1, 0.15) is 5.56 Å². The van der Waals surface area contributed by atoms with E-state index in [9.17, 15) is 4.79 Å². The van der Waals surface area contributed by atoms with Crippen molar-refractivity contribution >= 4 is 33.6 Å². The quantitative estimate of drug-likeness (QED) is 0.617. The third-order valence-electron chi connectivity index (χ3n) is 3.26. The molecule has 0 aliphatic carbocycles. The molecule has 0 unspecified atom stereocenters. The number of nitrogens with one attached hydrogen (secondary N) is 2. The maximum atomic E-state index is 11.9. The van der Waals surface area contributed by atoms with Crippen LogP contribution in [0.5, 0.6) is 0 Å². The second kappa shape index (κ2) is 8.12. The number of thioether (sulfide) groups is 1. The first-order valence-corrected chi connectivity index (χ1v) is 9.11. The summed E-state index contributed by atoms with van der Waals surface area (Å²) >= 11 is 4.79. The zero-order chi connectivity index (χ0) is 16.8. The molecule has 3 rings (SSSR count). The van der Waals surface area contributed by atoms with Gasteiger partial charge < -0.3 is 5.32 Å². The molecular weight excluding hydrogens is 388 g/mol. The fourth-order valence-electron chi connectivity index (χ4n) is 2.06. The zero-order valence-electron chi connectivity index (χ0n) is 12.7. The van der Waals surface area contributed by atoms with Crippen LogP contribution < -0.4 is 5.32 Å². The van der Waals surface area contributed by atoms with Gasteiger partial charge in [-0.2, -0.15) is 0 Å². The molecule has 1 amide bonds. The van der Waals surface area contributed by atoms with Gasteiger partial charge in [-0.3, -0.25) is 9.89 Å². The van der Waals surface area contributed by atoms with Gasteiger partial charge in [0, 0.05) is 16.6 Å². The number of aromatic amines is 1. The van der Waals surface area contributed by atoms with E-state index in [1.807, 2.05) is 54.6 Å². The molecule has 0 atom stereocenters. The highest BCUT2D eigenvalue weighted by atomic mass is 79.9. The number of H-pyrrole nitrogens is 1. The lowest BCUT2D eigenvalue weighted by molar-refractivity contribution is -0.118. The molecule has 1 aromatic heterocycles. The first-order valence-electron chi connectivity index (χ1n) is 7.33. The largest absolute Gasteiger partial charge is 0.351 e. The minimum Gasteiger partial charge on any atom is -0.351 e. The number of halogens is 1. The Labute approximate surface area is 152 Å². The summed E-state index contributed by atoms with van der Waals surface area (Å²) in [6.45, 7) is 0.524. The third kappa shape index (κ3) is 4.46. The molecule has 2 aromatic carbocycles. The Bertz CT molecular complexity index is 822. The minimum absolute atomic E-state index is 0.0453. The number of hydrogen-bond acceptors (Lipinski definition) is 4. The van der Waals surface area contributed by atoms with Crippen LogP contribution in [0, 0.1) is 0 Å². The van der Waals surface area contributed by atoms with E-state index in [0.29, 0.717) is 17.5 Å². The Morgan fingerprint density at radius 2 is 1.88 bits per heavy atom. The third-order valence-corrected chi connectivity index (χ3v) is 4.80. The zero-order valence-corrected chi connectivity index (χ0v) is 15.1. The lowest BCUT2D eigenvalue weighted by atomic mass is 10.2. The number of carbonyl (C=O) groups is 1. The number of aromatic nitrogens is 3. The van der Waals surface area contributed by atoms with Crippen molar-refractivity contribution in [2.75, 3.05) is 5.75 Å². The summed E-state index contributed by atoms with van der Waals surface area (Å²) in [5.41, 5.74) is 2.01. The van der Waals surface area contributed by atoms with E-state index < -0.39 is 0 Å². The standard InChI is InChI=1S/C17H15BrN4OS/c18-14-9-5-4-8-13(14)16-20-17(22-21-16)24-11-15(23)19-10-12-6-2-1-3-7-12/h1-9H,10-11H2,(H,19,23)(H,20,21,22). The van der Waals surface area contributed by atoms with E-state index in [1.54, 1.807) is 0 Å². The first kappa shape index (κ1) is 16.7. The van der Waals surface area contributed by atoms with Crippen molar-refractivity contribution in [3.8, 4) is 11.4 Å². The second-order valence-corrected chi connectivity index (χ2v) is 6.79. The lowest BCUT2D eigenvalue weighted by Gasteiger charge is -2.03. The highest BCUT2D eigenvalue weighted by Gasteiger charge is 2.10. The molecule has 0 aliphatic heterocycles. The van der Waals surface area contributed by atoms with Crippen LogP contribution in [0.15, 0.2) is 64.2 Å². The summed E-state index contributed by atoms with van der Waals surface area (Å²) in [6, 6.07) is 17.6. The molecule has 7 heteroatoms. The number of hydrogen-bond donors (Lipinski definition) is 2. The van der Waals surface area contributed by atoms with Gasteiger partial charge in [0.1, 0.15) is 0 Å². The van der Waals surface area contributed by atoms with Crippen molar-refractivity contribution in [2.24, 2.45) is 0 Å². The van der Waals surface area contributed by atoms with Crippen LogP contribution in [0.25, 0.3) is 11.4 Å². The van der Waals surface area contributed by atoms with E-state index in [0.717, 1.165) is 15.6 Å². The van der Waals surface area contributed by atoms with Crippen LogP contribution in [-0.4, -0.2) is 26.8 Å². The smallest absolute Gasteiger partial charge is 0.230 e. The van der Waals surface area contributed by atoms with Crippen molar-refractivity contribution in [3.05, 3.63) is 64.6 Å². The minimum atomic E-state index is -0.0453. The summed E-state index contributed by atoms with van der Waals surface area (Å²) in [5, 5.41) is 10.5.